The summed E-state index contributed by atoms with van der Waals surface area (Å²) in [6.45, 7) is 0. The molecule has 9 rings (SSSR count). The van der Waals surface area contributed by atoms with Gasteiger partial charge < -0.3 is 0 Å². The van der Waals surface area contributed by atoms with Gasteiger partial charge in [-0.1, -0.05) is 133 Å². The first-order valence-corrected chi connectivity index (χ1v) is 15.9. The number of nitrogens with zero attached hydrogens (tertiary/aromatic N) is 3. The van der Waals surface area contributed by atoms with Crippen LogP contribution in [-0.2, 0) is 0 Å². The van der Waals surface area contributed by atoms with Gasteiger partial charge in [0, 0.05) is 23.0 Å². The Morgan fingerprint density at radius 3 is 1.45 bits per heavy atom. The summed E-state index contributed by atoms with van der Waals surface area (Å²) in [6, 6.07) is 60.2. The van der Waals surface area contributed by atoms with Crippen LogP contribution in [0.4, 0.5) is 0 Å². The van der Waals surface area contributed by atoms with Crippen LogP contribution in [0.5, 0.6) is 0 Å². The van der Waals surface area contributed by atoms with E-state index in [0.717, 1.165) is 39.4 Å². The molecule has 0 N–H and O–H groups in total. The van der Waals surface area contributed by atoms with Crippen LogP contribution < -0.4 is 0 Å². The molecule has 0 aliphatic carbocycles. The zero-order valence-electron chi connectivity index (χ0n) is 25.6. The van der Waals surface area contributed by atoms with Gasteiger partial charge in [0.05, 0.1) is 16.7 Å². The van der Waals surface area contributed by atoms with Crippen molar-refractivity contribution in [2.75, 3.05) is 0 Å². The Morgan fingerprint density at radius 1 is 0.383 bits per heavy atom. The van der Waals surface area contributed by atoms with Gasteiger partial charge in [0.1, 0.15) is 5.82 Å². The second kappa shape index (κ2) is 11.2. The number of rotatable bonds is 5. The van der Waals surface area contributed by atoms with Gasteiger partial charge in [-0.15, -0.1) is 0 Å². The molecule has 220 valence electrons. The van der Waals surface area contributed by atoms with Crippen molar-refractivity contribution < 1.29 is 0 Å². The molecule has 0 saturated carbocycles. The Balaban J connectivity index is 1.20. The molecule has 0 atom stereocenters. The van der Waals surface area contributed by atoms with E-state index in [1.165, 1.54) is 43.8 Å². The Morgan fingerprint density at radius 2 is 0.872 bits per heavy atom. The maximum absolute atomic E-state index is 5.09. The van der Waals surface area contributed by atoms with E-state index < -0.39 is 0 Å². The topological polar surface area (TPSA) is 30.7 Å². The van der Waals surface area contributed by atoms with Gasteiger partial charge >= 0.3 is 0 Å². The normalized spacial score (nSPS) is 11.4. The second-order valence-electron chi connectivity index (χ2n) is 11.8. The molecule has 0 spiro atoms. The van der Waals surface area contributed by atoms with E-state index in [1.807, 2.05) is 30.5 Å². The SMILES string of the molecule is c1ccc(-n2c(-c3ccc(-c4c5ccccc5c(-c5ccc(-c6ccccn6)cc5)c5ccccc45)cc3)nc3ccccc32)cc1. The lowest BCUT2D eigenvalue weighted by atomic mass is 9.85. The van der Waals surface area contributed by atoms with Crippen LogP contribution in [-0.4, -0.2) is 14.5 Å². The van der Waals surface area contributed by atoms with Crippen LogP contribution >= 0.6 is 0 Å². The van der Waals surface area contributed by atoms with Crippen LogP contribution in [0.3, 0.4) is 0 Å². The molecule has 2 aromatic heterocycles. The highest BCUT2D eigenvalue weighted by molar-refractivity contribution is 6.21. The quantitative estimate of drug-likeness (QED) is 0.184. The molecule has 0 aliphatic rings. The van der Waals surface area contributed by atoms with Crippen molar-refractivity contribution in [2.24, 2.45) is 0 Å². The van der Waals surface area contributed by atoms with E-state index in [4.69, 9.17) is 4.98 Å². The third-order valence-corrected chi connectivity index (χ3v) is 9.07. The first kappa shape index (κ1) is 27.0. The smallest absolute Gasteiger partial charge is 0.145 e. The number of para-hydroxylation sites is 3. The highest BCUT2D eigenvalue weighted by Crippen LogP contribution is 2.44. The number of imidazole rings is 1. The fourth-order valence-electron chi connectivity index (χ4n) is 6.94. The lowest BCUT2D eigenvalue weighted by Gasteiger charge is -2.18. The van der Waals surface area contributed by atoms with Gasteiger partial charge in [-0.05, 0) is 80.2 Å². The van der Waals surface area contributed by atoms with E-state index in [2.05, 4.69) is 155 Å². The van der Waals surface area contributed by atoms with Crippen molar-refractivity contribution in [3.63, 3.8) is 0 Å². The van der Waals surface area contributed by atoms with E-state index in [1.54, 1.807) is 0 Å². The molecular formula is C44H29N3. The van der Waals surface area contributed by atoms with Crippen molar-refractivity contribution in [1.29, 1.82) is 0 Å². The fraction of sp³-hybridized carbons (Fsp3) is 0. The van der Waals surface area contributed by atoms with Crippen molar-refractivity contribution in [2.45, 2.75) is 0 Å². The molecule has 3 heteroatoms. The van der Waals surface area contributed by atoms with Crippen LogP contribution in [0.1, 0.15) is 0 Å². The average molecular weight is 600 g/mol. The molecule has 0 amide bonds. The Labute approximate surface area is 273 Å². The summed E-state index contributed by atoms with van der Waals surface area (Å²) in [5.74, 6) is 0.933. The van der Waals surface area contributed by atoms with Gasteiger partial charge in [0.2, 0.25) is 0 Å². The predicted molar refractivity (Wildman–Crippen MR) is 196 cm³/mol. The Bertz CT molecular complexity index is 2470. The molecule has 0 aliphatic heterocycles. The van der Waals surface area contributed by atoms with Gasteiger partial charge in [-0.3, -0.25) is 9.55 Å². The molecule has 9 aromatic rings. The number of aromatic nitrogens is 3. The summed E-state index contributed by atoms with van der Waals surface area (Å²) in [5, 5.41) is 4.95. The van der Waals surface area contributed by atoms with Gasteiger partial charge in [-0.25, -0.2) is 4.98 Å². The molecule has 0 saturated heterocycles. The molecule has 0 bridgehead atoms. The summed E-state index contributed by atoms with van der Waals surface area (Å²) < 4.78 is 2.25. The first-order chi connectivity index (χ1) is 23.3. The Hall–Kier alpha value is -6.32. The molecule has 0 unspecified atom stereocenters. The van der Waals surface area contributed by atoms with E-state index >= 15 is 0 Å². The minimum atomic E-state index is 0.933. The monoisotopic (exact) mass is 599 g/mol. The molecule has 0 radical (unpaired) electrons. The predicted octanol–water partition coefficient (Wildman–Crippen LogP) is 11.4. The second-order valence-corrected chi connectivity index (χ2v) is 11.8. The lowest BCUT2D eigenvalue weighted by Crippen LogP contribution is -1.97. The van der Waals surface area contributed by atoms with Crippen LogP contribution in [0.15, 0.2) is 176 Å². The van der Waals surface area contributed by atoms with Crippen LogP contribution in [0.25, 0.3) is 83.2 Å². The minimum absolute atomic E-state index is 0.933. The summed E-state index contributed by atoms with van der Waals surface area (Å²) in [7, 11) is 0. The molecule has 7 aromatic carbocycles. The third-order valence-electron chi connectivity index (χ3n) is 9.07. The van der Waals surface area contributed by atoms with E-state index in [9.17, 15) is 0 Å². The Kier molecular flexibility index (Phi) is 6.46. The molecule has 0 fully saturated rings. The first-order valence-electron chi connectivity index (χ1n) is 15.9. The number of pyridine rings is 1. The molecule has 2 heterocycles. The van der Waals surface area contributed by atoms with Crippen LogP contribution in [0.2, 0.25) is 0 Å². The molecular weight excluding hydrogens is 571 g/mol. The standard InChI is InChI=1S/C44H29N3/c1-2-12-34(13-3-1)47-41-20-9-8-19-40(41)46-44(47)33-27-25-32(26-28-33)43-37-16-6-4-14-35(37)42(36-15-5-7-17-38(36)43)31-23-21-30(22-24-31)39-18-10-11-29-45-39/h1-29H. The highest BCUT2D eigenvalue weighted by atomic mass is 15.1. The van der Waals surface area contributed by atoms with Crippen molar-refractivity contribution in [3.05, 3.63) is 176 Å². The maximum atomic E-state index is 5.09. The summed E-state index contributed by atoms with van der Waals surface area (Å²) in [6.07, 6.45) is 1.84. The number of fused-ring (bicyclic) bond motifs is 3. The maximum Gasteiger partial charge on any atom is 0.145 e. The number of hydrogen-bond donors (Lipinski definition) is 0. The fourth-order valence-corrected chi connectivity index (χ4v) is 6.94. The zero-order valence-corrected chi connectivity index (χ0v) is 25.6. The van der Waals surface area contributed by atoms with Crippen molar-refractivity contribution in [3.8, 4) is 50.6 Å². The van der Waals surface area contributed by atoms with E-state index in [-0.39, 0.29) is 0 Å². The third kappa shape index (κ3) is 4.60. The van der Waals surface area contributed by atoms with Gasteiger partial charge in [0.15, 0.2) is 0 Å². The largest absolute Gasteiger partial charge is 0.292 e. The number of hydrogen-bond acceptors (Lipinski definition) is 2. The van der Waals surface area contributed by atoms with Crippen molar-refractivity contribution >= 4 is 32.6 Å². The van der Waals surface area contributed by atoms with Crippen LogP contribution in [0, 0.1) is 0 Å². The summed E-state index contributed by atoms with van der Waals surface area (Å²) in [4.78, 5) is 9.64. The number of benzene rings is 7. The average Bonchev–Trinajstić information content (AvgIpc) is 3.54. The van der Waals surface area contributed by atoms with Crippen molar-refractivity contribution in [1.82, 2.24) is 14.5 Å². The summed E-state index contributed by atoms with van der Waals surface area (Å²) in [5.41, 5.74) is 11.2. The zero-order chi connectivity index (χ0) is 31.2. The van der Waals surface area contributed by atoms with Gasteiger partial charge in [-0.2, -0.15) is 0 Å². The van der Waals surface area contributed by atoms with E-state index in [0.29, 0.717) is 0 Å². The minimum Gasteiger partial charge on any atom is -0.292 e. The molecule has 3 nitrogen and oxygen atoms in total. The van der Waals surface area contributed by atoms with Gasteiger partial charge in [0.25, 0.3) is 0 Å². The summed E-state index contributed by atoms with van der Waals surface area (Å²) >= 11 is 0. The lowest BCUT2D eigenvalue weighted by molar-refractivity contribution is 1.10. The molecule has 47 heavy (non-hydrogen) atoms. The highest BCUT2D eigenvalue weighted by Gasteiger charge is 2.18.